The standard InChI is InChI=1S/C26H22O4/c1-4-24(27)29-22-15-11-20(12-16-22)26(3,19-9-7-6-8-10-19)21-13-17-23(18-14-21)30-25(28)5-2/h4-18H,1-2H2,3H3. The van der Waals surface area contributed by atoms with Crippen LogP contribution in [-0.2, 0) is 15.0 Å². The summed E-state index contributed by atoms with van der Waals surface area (Å²) in [6.45, 7) is 8.95. The Morgan fingerprint density at radius 2 is 1.03 bits per heavy atom. The lowest BCUT2D eigenvalue weighted by molar-refractivity contribution is -0.129. The van der Waals surface area contributed by atoms with E-state index in [1.807, 2.05) is 42.5 Å². The molecule has 3 aromatic rings. The van der Waals surface area contributed by atoms with Gasteiger partial charge in [0.1, 0.15) is 11.5 Å². The van der Waals surface area contributed by atoms with Crippen LogP contribution in [0.2, 0.25) is 0 Å². The lowest BCUT2D eigenvalue weighted by Crippen LogP contribution is -2.25. The minimum Gasteiger partial charge on any atom is -0.423 e. The molecule has 0 heterocycles. The summed E-state index contributed by atoms with van der Waals surface area (Å²) in [6.07, 6.45) is 2.26. The maximum atomic E-state index is 11.5. The second-order valence-electron chi connectivity index (χ2n) is 6.79. The SMILES string of the molecule is C=CC(=O)Oc1ccc(C(C)(c2ccccc2)c2ccc(OC(=O)C=C)cc2)cc1. The minimum absolute atomic E-state index is 0.450. The van der Waals surface area contributed by atoms with Gasteiger partial charge in [0.2, 0.25) is 0 Å². The summed E-state index contributed by atoms with van der Waals surface area (Å²) < 4.78 is 10.4. The third kappa shape index (κ3) is 4.39. The maximum absolute atomic E-state index is 11.5. The Kier molecular flexibility index (Phi) is 6.28. The molecule has 0 aliphatic heterocycles. The number of benzene rings is 3. The Hall–Kier alpha value is -3.92. The van der Waals surface area contributed by atoms with Gasteiger partial charge in [-0.2, -0.15) is 0 Å². The molecule has 4 nitrogen and oxygen atoms in total. The average Bonchev–Trinajstić information content (AvgIpc) is 2.80. The molecular weight excluding hydrogens is 376 g/mol. The summed E-state index contributed by atoms with van der Waals surface area (Å²) in [5.74, 6) is -0.104. The number of carbonyl (C=O) groups excluding carboxylic acids is 2. The molecule has 0 spiro atoms. The van der Waals surface area contributed by atoms with Crippen molar-refractivity contribution in [2.75, 3.05) is 0 Å². The van der Waals surface area contributed by atoms with Crippen molar-refractivity contribution >= 4 is 11.9 Å². The fraction of sp³-hybridized carbons (Fsp3) is 0.0769. The van der Waals surface area contributed by atoms with Gasteiger partial charge in [-0.3, -0.25) is 0 Å². The molecule has 0 amide bonds. The van der Waals surface area contributed by atoms with Gasteiger partial charge in [-0.15, -0.1) is 0 Å². The molecule has 0 fully saturated rings. The second-order valence-corrected chi connectivity index (χ2v) is 6.79. The van der Waals surface area contributed by atoms with E-state index < -0.39 is 17.4 Å². The highest BCUT2D eigenvalue weighted by Gasteiger charge is 2.31. The van der Waals surface area contributed by atoms with Gasteiger partial charge in [-0.05, 0) is 47.9 Å². The van der Waals surface area contributed by atoms with Gasteiger partial charge >= 0.3 is 11.9 Å². The Labute approximate surface area is 176 Å². The fourth-order valence-corrected chi connectivity index (χ4v) is 3.30. The van der Waals surface area contributed by atoms with Gasteiger partial charge in [-0.25, -0.2) is 9.59 Å². The van der Waals surface area contributed by atoms with E-state index >= 15 is 0 Å². The normalized spacial score (nSPS) is 10.7. The van der Waals surface area contributed by atoms with E-state index in [0.29, 0.717) is 11.5 Å². The van der Waals surface area contributed by atoms with Crippen LogP contribution in [0.25, 0.3) is 0 Å². The fourth-order valence-electron chi connectivity index (χ4n) is 3.30. The van der Waals surface area contributed by atoms with E-state index in [0.717, 1.165) is 28.8 Å². The zero-order valence-electron chi connectivity index (χ0n) is 16.7. The van der Waals surface area contributed by atoms with Crippen LogP contribution in [0.5, 0.6) is 11.5 Å². The molecule has 0 saturated carbocycles. The molecule has 150 valence electrons. The number of ether oxygens (including phenoxy) is 2. The molecule has 0 aromatic heterocycles. The Morgan fingerprint density at radius 1 is 0.667 bits per heavy atom. The molecule has 0 aliphatic rings. The van der Waals surface area contributed by atoms with Crippen molar-refractivity contribution in [2.24, 2.45) is 0 Å². The molecule has 0 N–H and O–H groups in total. The predicted molar refractivity (Wildman–Crippen MR) is 117 cm³/mol. The van der Waals surface area contributed by atoms with Gasteiger partial charge in [0, 0.05) is 17.6 Å². The van der Waals surface area contributed by atoms with Crippen LogP contribution in [-0.4, -0.2) is 11.9 Å². The van der Waals surface area contributed by atoms with E-state index in [2.05, 4.69) is 32.2 Å². The average molecular weight is 398 g/mol. The molecule has 3 aromatic carbocycles. The molecule has 0 unspecified atom stereocenters. The quantitative estimate of drug-likeness (QED) is 0.237. The summed E-state index contributed by atoms with van der Waals surface area (Å²) in [6, 6.07) is 24.9. The predicted octanol–water partition coefficient (Wildman–Crippen LogP) is 5.22. The minimum atomic E-state index is -0.502. The van der Waals surface area contributed by atoms with Crippen LogP contribution in [0.3, 0.4) is 0 Å². The van der Waals surface area contributed by atoms with E-state index in [1.165, 1.54) is 0 Å². The maximum Gasteiger partial charge on any atom is 0.335 e. The van der Waals surface area contributed by atoms with Gasteiger partial charge in [0.05, 0.1) is 0 Å². The van der Waals surface area contributed by atoms with Crippen LogP contribution in [0.4, 0.5) is 0 Å². The zero-order valence-corrected chi connectivity index (χ0v) is 16.7. The van der Waals surface area contributed by atoms with Gasteiger partial charge in [-0.1, -0.05) is 67.8 Å². The molecule has 30 heavy (non-hydrogen) atoms. The smallest absolute Gasteiger partial charge is 0.335 e. The Morgan fingerprint density at radius 3 is 1.40 bits per heavy atom. The summed E-state index contributed by atoms with van der Waals surface area (Å²) in [4.78, 5) is 22.9. The Bertz CT molecular complexity index is 983. The molecule has 0 saturated heterocycles. The van der Waals surface area contributed by atoms with Crippen molar-refractivity contribution in [3.05, 3.63) is 121 Å². The summed E-state index contributed by atoms with van der Waals surface area (Å²) in [5.41, 5.74) is 2.64. The third-order valence-electron chi connectivity index (χ3n) is 4.98. The van der Waals surface area contributed by atoms with E-state index in [9.17, 15) is 9.59 Å². The van der Waals surface area contributed by atoms with Crippen LogP contribution < -0.4 is 9.47 Å². The van der Waals surface area contributed by atoms with Crippen LogP contribution in [0.1, 0.15) is 23.6 Å². The molecule has 0 bridgehead atoms. The lowest BCUT2D eigenvalue weighted by atomic mass is 9.71. The molecule has 0 atom stereocenters. The van der Waals surface area contributed by atoms with Crippen LogP contribution in [0.15, 0.2) is 104 Å². The summed E-state index contributed by atoms with van der Waals surface area (Å²) >= 11 is 0. The number of rotatable bonds is 7. The largest absolute Gasteiger partial charge is 0.423 e. The first kappa shape index (κ1) is 20.8. The van der Waals surface area contributed by atoms with Crippen molar-refractivity contribution < 1.29 is 19.1 Å². The molecular formula is C26H22O4. The van der Waals surface area contributed by atoms with Crippen LogP contribution >= 0.6 is 0 Å². The number of hydrogen-bond donors (Lipinski definition) is 0. The number of esters is 2. The topological polar surface area (TPSA) is 52.6 Å². The monoisotopic (exact) mass is 398 g/mol. The first-order chi connectivity index (χ1) is 14.5. The number of carbonyl (C=O) groups is 2. The molecule has 3 rings (SSSR count). The molecule has 0 radical (unpaired) electrons. The van der Waals surface area contributed by atoms with Crippen molar-refractivity contribution in [3.63, 3.8) is 0 Å². The Balaban J connectivity index is 2.02. The van der Waals surface area contributed by atoms with Crippen molar-refractivity contribution in [2.45, 2.75) is 12.3 Å². The highest BCUT2D eigenvalue weighted by Crippen LogP contribution is 2.39. The lowest BCUT2D eigenvalue weighted by Gasteiger charge is -2.32. The summed E-state index contributed by atoms with van der Waals surface area (Å²) in [7, 11) is 0. The van der Waals surface area contributed by atoms with E-state index in [4.69, 9.17) is 9.47 Å². The van der Waals surface area contributed by atoms with Crippen molar-refractivity contribution in [3.8, 4) is 11.5 Å². The van der Waals surface area contributed by atoms with Crippen molar-refractivity contribution in [1.82, 2.24) is 0 Å². The highest BCUT2D eigenvalue weighted by molar-refractivity contribution is 5.83. The van der Waals surface area contributed by atoms with Crippen molar-refractivity contribution in [1.29, 1.82) is 0 Å². The summed E-state index contributed by atoms with van der Waals surface area (Å²) in [5, 5.41) is 0. The first-order valence-electron chi connectivity index (χ1n) is 9.42. The number of hydrogen-bond acceptors (Lipinski definition) is 4. The third-order valence-corrected chi connectivity index (χ3v) is 4.98. The van der Waals surface area contributed by atoms with Gasteiger partial charge in [0.15, 0.2) is 0 Å². The molecule has 0 aliphatic carbocycles. The first-order valence-corrected chi connectivity index (χ1v) is 9.42. The van der Waals surface area contributed by atoms with E-state index in [-0.39, 0.29) is 0 Å². The van der Waals surface area contributed by atoms with E-state index in [1.54, 1.807) is 24.3 Å². The van der Waals surface area contributed by atoms with Gasteiger partial charge in [0.25, 0.3) is 0 Å². The van der Waals surface area contributed by atoms with Crippen LogP contribution in [0, 0.1) is 0 Å². The second kappa shape index (κ2) is 9.05. The highest BCUT2D eigenvalue weighted by atomic mass is 16.5. The van der Waals surface area contributed by atoms with Gasteiger partial charge < -0.3 is 9.47 Å². The molecule has 4 heteroatoms. The zero-order chi connectivity index (χ0) is 21.6.